The molecule has 2 aromatic rings. The average Bonchev–Trinajstić information content (AvgIpc) is 3.20. The number of carbonyl (C=O) groups excluding carboxylic acids is 1. The SMILES string of the molecule is C[C@@H]1C[C@@H](F)c2ncnc(N3CCN(C(=O)[C@H](CNC4CCOCC4)c4ccc(Cl)c(F)c4)CC3)c21. The Hall–Kier alpha value is -2.36. The molecule has 1 aromatic heterocycles. The summed E-state index contributed by atoms with van der Waals surface area (Å²) in [4.78, 5) is 26.3. The predicted octanol–water partition coefficient (Wildman–Crippen LogP) is 3.99. The minimum atomic E-state index is -1.05. The second-order valence-corrected chi connectivity index (χ2v) is 10.3. The van der Waals surface area contributed by atoms with Crippen LogP contribution in [0.25, 0.3) is 0 Å². The van der Waals surface area contributed by atoms with Crippen molar-refractivity contribution in [3.63, 3.8) is 0 Å². The van der Waals surface area contributed by atoms with Gasteiger partial charge in [-0.05, 0) is 42.9 Å². The molecule has 0 spiro atoms. The molecule has 7 nitrogen and oxygen atoms in total. The second-order valence-electron chi connectivity index (χ2n) is 9.93. The van der Waals surface area contributed by atoms with Crippen LogP contribution in [0, 0.1) is 5.82 Å². The van der Waals surface area contributed by atoms with Gasteiger partial charge in [0.15, 0.2) is 0 Å². The minimum absolute atomic E-state index is 0.0399. The molecule has 0 unspecified atom stereocenters. The predicted molar refractivity (Wildman–Crippen MR) is 134 cm³/mol. The first-order valence-corrected chi connectivity index (χ1v) is 13.1. The largest absolute Gasteiger partial charge is 0.381 e. The lowest BCUT2D eigenvalue weighted by atomic mass is 9.95. The number of piperazine rings is 1. The molecule has 2 aliphatic heterocycles. The molecule has 3 aliphatic rings. The van der Waals surface area contributed by atoms with Crippen LogP contribution >= 0.6 is 11.6 Å². The zero-order chi connectivity index (χ0) is 25.2. The van der Waals surface area contributed by atoms with Crippen LogP contribution in [0.2, 0.25) is 5.02 Å². The van der Waals surface area contributed by atoms with Crippen molar-refractivity contribution in [2.45, 2.75) is 50.2 Å². The van der Waals surface area contributed by atoms with E-state index in [0.717, 1.165) is 24.2 Å². The van der Waals surface area contributed by atoms with Crippen molar-refractivity contribution in [3.8, 4) is 0 Å². The summed E-state index contributed by atoms with van der Waals surface area (Å²) in [5.74, 6) is -0.257. The molecule has 2 saturated heterocycles. The van der Waals surface area contributed by atoms with Gasteiger partial charge in [-0.2, -0.15) is 0 Å². The molecular weight excluding hydrogens is 488 g/mol. The number of hydrogen-bond donors (Lipinski definition) is 1. The number of amides is 1. The van der Waals surface area contributed by atoms with Gasteiger partial charge in [-0.25, -0.2) is 18.7 Å². The molecule has 194 valence electrons. The summed E-state index contributed by atoms with van der Waals surface area (Å²) < 4.78 is 34.1. The summed E-state index contributed by atoms with van der Waals surface area (Å²) in [7, 11) is 0. The third kappa shape index (κ3) is 5.19. The third-order valence-corrected chi connectivity index (χ3v) is 7.92. The van der Waals surface area contributed by atoms with E-state index in [9.17, 15) is 13.6 Å². The van der Waals surface area contributed by atoms with Crippen LogP contribution in [0.1, 0.15) is 61.0 Å². The van der Waals surface area contributed by atoms with Gasteiger partial charge in [-0.3, -0.25) is 4.79 Å². The van der Waals surface area contributed by atoms with Gasteiger partial charge in [-0.1, -0.05) is 24.6 Å². The van der Waals surface area contributed by atoms with Crippen molar-refractivity contribution < 1.29 is 18.3 Å². The molecular formula is C26H32ClF2N5O2. The van der Waals surface area contributed by atoms with E-state index in [4.69, 9.17) is 16.3 Å². The molecule has 5 rings (SSSR count). The Morgan fingerprint density at radius 2 is 1.97 bits per heavy atom. The van der Waals surface area contributed by atoms with E-state index in [2.05, 4.69) is 20.2 Å². The molecule has 36 heavy (non-hydrogen) atoms. The maximum atomic E-state index is 14.4. The van der Waals surface area contributed by atoms with Crippen LogP contribution in [0.5, 0.6) is 0 Å². The number of ether oxygens (including phenoxy) is 1. The van der Waals surface area contributed by atoms with E-state index in [0.29, 0.717) is 63.6 Å². The number of fused-ring (bicyclic) bond motifs is 1. The molecule has 0 radical (unpaired) electrons. The van der Waals surface area contributed by atoms with Gasteiger partial charge in [0.1, 0.15) is 24.1 Å². The quantitative estimate of drug-likeness (QED) is 0.622. The molecule has 3 heterocycles. The third-order valence-electron chi connectivity index (χ3n) is 7.61. The fourth-order valence-corrected chi connectivity index (χ4v) is 5.65. The van der Waals surface area contributed by atoms with E-state index in [1.807, 2.05) is 11.8 Å². The lowest BCUT2D eigenvalue weighted by Gasteiger charge is -2.38. The van der Waals surface area contributed by atoms with E-state index in [1.54, 1.807) is 6.07 Å². The van der Waals surface area contributed by atoms with Crippen LogP contribution in [0.4, 0.5) is 14.6 Å². The van der Waals surface area contributed by atoms with Gasteiger partial charge in [0.25, 0.3) is 0 Å². The summed E-state index contributed by atoms with van der Waals surface area (Å²) in [6.07, 6.45) is 2.58. The number of hydrogen-bond acceptors (Lipinski definition) is 6. The number of nitrogens with zero attached hydrogens (tertiary/aromatic N) is 4. The summed E-state index contributed by atoms with van der Waals surface area (Å²) in [5, 5.41) is 3.54. The van der Waals surface area contributed by atoms with Crippen LogP contribution < -0.4 is 10.2 Å². The number of nitrogens with one attached hydrogen (secondary N) is 1. The van der Waals surface area contributed by atoms with Crippen molar-refractivity contribution in [3.05, 3.63) is 52.2 Å². The highest BCUT2D eigenvalue weighted by Crippen LogP contribution is 2.44. The first kappa shape index (κ1) is 25.3. The molecule has 1 N–H and O–H groups in total. The molecule has 2 fully saturated rings. The average molecular weight is 520 g/mol. The Bertz CT molecular complexity index is 1090. The lowest BCUT2D eigenvalue weighted by molar-refractivity contribution is -0.133. The number of carbonyl (C=O) groups is 1. The fourth-order valence-electron chi connectivity index (χ4n) is 5.54. The fraction of sp³-hybridized carbons (Fsp3) is 0.577. The first-order chi connectivity index (χ1) is 17.4. The standard InChI is InChI=1S/C26H32ClF2N5O2/c1-16-12-22(29)24-23(16)25(32-15-31-24)33-6-8-34(9-7-33)26(35)19(14-30-18-4-10-36-11-5-18)17-2-3-20(27)21(28)13-17/h2-3,13,15-16,18-19,22,30H,4-12,14H2,1H3/t16-,19-,22-/m1/s1. The summed E-state index contributed by atoms with van der Waals surface area (Å²) >= 11 is 5.91. The highest BCUT2D eigenvalue weighted by atomic mass is 35.5. The van der Waals surface area contributed by atoms with Crippen molar-refractivity contribution in [1.29, 1.82) is 0 Å². The highest BCUT2D eigenvalue weighted by Gasteiger charge is 2.36. The summed E-state index contributed by atoms with van der Waals surface area (Å²) in [5.41, 5.74) is 2.00. The summed E-state index contributed by atoms with van der Waals surface area (Å²) in [6, 6.07) is 4.87. The summed E-state index contributed by atoms with van der Waals surface area (Å²) in [6.45, 7) is 6.02. The van der Waals surface area contributed by atoms with Gasteiger partial charge in [0, 0.05) is 57.5 Å². The second kappa shape index (κ2) is 10.9. The Morgan fingerprint density at radius 3 is 2.69 bits per heavy atom. The molecule has 0 bridgehead atoms. The van der Waals surface area contributed by atoms with E-state index >= 15 is 0 Å². The number of benzene rings is 1. The number of alkyl halides is 1. The Labute approximate surface area is 215 Å². The van der Waals surface area contributed by atoms with Crippen molar-refractivity contribution in [2.75, 3.05) is 50.8 Å². The van der Waals surface area contributed by atoms with Crippen LogP contribution in [0.15, 0.2) is 24.5 Å². The molecule has 0 saturated carbocycles. The topological polar surface area (TPSA) is 70.6 Å². The van der Waals surface area contributed by atoms with Crippen molar-refractivity contribution in [1.82, 2.24) is 20.2 Å². The zero-order valence-corrected chi connectivity index (χ0v) is 21.2. The minimum Gasteiger partial charge on any atom is -0.381 e. The normalized spacial score (nSPS) is 23.6. The Balaban J connectivity index is 1.29. The van der Waals surface area contributed by atoms with Gasteiger partial charge < -0.3 is 19.9 Å². The van der Waals surface area contributed by atoms with E-state index in [-0.39, 0.29) is 22.9 Å². The van der Waals surface area contributed by atoms with Gasteiger partial charge in [0.05, 0.1) is 16.6 Å². The van der Waals surface area contributed by atoms with Gasteiger partial charge in [0.2, 0.25) is 5.91 Å². The molecule has 1 aromatic carbocycles. The molecule has 10 heteroatoms. The van der Waals surface area contributed by atoms with Crippen molar-refractivity contribution >= 4 is 23.3 Å². The van der Waals surface area contributed by atoms with Crippen LogP contribution in [0.3, 0.4) is 0 Å². The number of anilines is 1. The van der Waals surface area contributed by atoms with E-state index < -0.39 is 17.9 Å². The number of aromatic nitrogens is 2. The highest BCUT2D eigenvalue weighted by molar-refractivity contribution is 6.30. The van der Waals surface area contributed by atoms with Crippen LogP contribution in [-0.4, -0.2) is 72.8 Å². The maximum absolute atomic E-state index is 14.4. The maximum Gasteiger partial charge on any atom is 0.231 e. The van der Waals surface area contributed by atoms with Crippen LogP contribution in [-0.2, 0) is 9.53 Å². The van der Waals surface area contributed by atoms with E-state index in [1.165, 1.54) is 18.5 Å². The number of halogens is 3. The zero-order valence-electron chi connectivity index (χ0n) is 20.4. The Kier molecular flexibility index (Phi) is 7.69. The molecule has 1 amide bonds. The lowest BCUT2D eigenvalue weighted by Crippen LogP contribution is -2.52. The number of rotatable bonds is 6. The monoisotopic (exact) mass is 519 g/mol. The Morgan fingerprint density at radius 1 is 1.22 bits per heavy atom. The first-order valence-electron chi connectivity index (χ1n) is 12.7. The molecule has 1 aliphatic carbocycles. The van der Waals surface area contributed by atoms with Crippen molar-refractivity contribution in [2.24, 2.45) is 0 Å². The van der Waals surface area contributed by atoms with Gasteiger partial charge in [-0.15, -0.1) is 0 Å². The smallest absolute Gasteiger partial charge is 0.231 e. The molecule has 3 atom stereocenters. The van der Waals surface area contributed by atoms with Gasteiger partial charge >= 0.3 is 0 Å².